The number of alkyl halides is 3. The number of amides is 2. The van der Waals surface area contributed by atoms with E-state index >= 15 is 0 Å². The normalized spacial score (nSPS) is 11.0. The second kappa shape index (κ2) is 6.42. The van der Waals surface area contributed by atoms with Crippen LogP contribution < -0.4 is 10.9 Å². The molecule has 0 bridgehead atoms. The molecule has 2 heterocycles. The zero-order valence-corrected chi connectivity index (χ0v) is 11.8. The van der Waals surface area contributed by atoms with E-state index in [1.165, 1.54) is 5.43 Å². The molecule has 0 radical (unpaired) electrons. The standard InChI is InChI=1S/C11H7F3N6O5/c12-11(13,14)7-3-6(9(21)16-17-10(22)23)18-19(7)5-1-2-8(15-4-5)20(24)25/h1-4,17H,(H,16,21)(H,22,23). The first-order valence-electron chi connectivity index (χ1n) is 6.17. The predicted octanol–water partition coefficient (Wildman–Crippen LogP) is 1.11. The second-order valence-corrected chi connectivity index (χ2v) is 4.34. The minimum atomic E-state index is -4.91. The number of rotatable bonds is 3. The Morgan fingerprint density at radius 1 is 1.28 bits per heavy atom. The zero-order valence-electron chi connectivity index (χ0n) is 11.8. The molecule has 0 spiro atoms. The topological polar surface area (TPSA) is 152 Å². The number of carboxylic acid groups (broad SMARTS) is 1. The molecule has 0 fully saturated rings. The minimum Gasteiger partial charge on any atom is -0.464 e. The molecule has 132 valence electrons. The highest BCUT2D eigenvalue weighted by Gasteiger charge is 2.37. The number of nitrogens with one attached hydrogen (secondary N) is 2. The van der Waals surface area contributed by atoms with Crippen LogP contribution in [0.3, 0.4) is 0 Å². The lowest BCUT2D eigenvalue weighted by atomic mass is 10.3. The predicted molar refractivity (Wildman–Crippen MR) is 71.6 cm³/mol. The molecule has 0 saturated heterocycles. The summed E-state index contributed by atoms with van der Waals surface area (Å²) in [5, 5.41) is 22.3. The number of halogens is 3. The molecule has 0 aliphatic carbocycles. The summed E-state index contributed by atoms with van der Waals surface area (Å²) < 4.78 is 39.6. The first kappa shape index (κ1) is 17.6. The Morgan fingerprint density at radius 2 is 1.96 bits per heavy atom. The number of hydrazine groups is 1. The van der Waals surface area contributed by atoms with Crippen molar-refractivity contribution >= 4 is 17.8 Å². The Labute approximate surface area is 135 Å². The van der Waals surface area contributed by atoms with E-state index in [1.54, 1.807) is 5.43 Å². The molecule has 0 atom stereocenters. The summed E-state index contributed by atoms with van der Waals surface area (Å²) in [5.41, 5.74) is 0.716. The lowest BCUT2D eigenvalue weighted by Gasteiger charge is -2.08. The summed E-state index contributed by atoms with van der Waals surface area (Å²) in [7, 11) is 0. The average molecular weight is 360 g/mol. The number of hydrogen-bond acceptors (Lipinski definition) is 6. The van der Waals surface area contributed by atoms with E-state index in [1.807, 2.05) is 0 Å². The van der Waals surface area contributed by atoms with E-state index < -0.39 is 40.3 Å². The quantitative estimate of drug-likeness (QED) is 0.547. The van der Waals surface area contributed by atoms with Gasteiger partial charge < -0.3 is 15.2 Å². The highest BCUT2D eigenvalue weighted by atomic mass is 19.4. The van der Waals surface area contributed by atoms with Crippen molar-refractivity contribution in [1.29, 1.82) is 0 Å². The molecule has 2 rings (SSSR count). The smallest absolute Gasteiger partial charge is 0.433 e. The summed E-state index contributed by atoms with van der Waals surface area (Å²) >= 11 is 0. The first-order chi connectivity index (χ1) is 11.6. The van der Waals surface area contributed by atoms with E-state index in [4.69, 9.17) is 5.11 Å². The number of aromatic nitrogens is 3. The maximum atomic E-state index is 13.1. The third-order valence-corrected chi connectivity index (χ3v) is 2.68. The second-order valence-electron chi connectivity index (χ2n) is 4.34. The summed E-state index contributed by atoms with van der Waals surface area (Å²) in [6.45, 7) is 0. The van der Waals surface area contributed by atoms with Crippen molar-refractivity contribution in [2.75, 3.05) is 0 Å². The van der Waals surface area contributed by atoms with Crippen molar-refractivity contribution < 1.29 is 32.8 Å². The van der Waals surface area contributed by atoms with E-state index in [0.717, 1.165) is 18.3 Å². The van der Waals surface area contributed by atoms with Crippen LogP contribution in [0.15, 0.2) is 24.4 Å². The van der Waals surface area contributed by atoms with Gasteiger partial charge in [0.05, 0.1) is 0 Å². The van der Waals surface area contributed by atoms with E-state index in [9.17, 15) is 32.9 Å². The lowest BCUT2D eigenvalue weighted by molar-refractivity contribution is -0.389. The molecule has 2 amide bonds. The number of pyridine rings is 1. The Hall–Kier alpha value is -3.71. The van der Waals surface area contributed by atoms with E-state index in [0.29, 0.717) is 10.7 Å². The largest absolute Gasteiger partial charge is 0.464 e. The van der Waals surface area contributed by atoms with Gasteiger partial charge in [0.25, 0.3) is 5.91 Å². The summed E-state index contributed by atoms with van der Waals surface area (Å²) in [4.78, 5) is 35.0. The maximum absolute atomic E-state index is 13.1. The molecule has 2 aromatic heterocycles. The van der Waals surface area contributed by atoms with Gasteiger partial charge in [-0.1, -0.05) is 0 Å². The van der Waals surface area contributed by atoms with Crippen LogP contribution in [0.25, 0.3) is 5.69 Å². The molecule has 0 aliphatic rings. The van der Waals surface area contributed by atoms with Gasteiger partial charge in [-0.05, 0) is 16.0 Å². The van der Waals surface area contributed by atoms with E-state index in [2.05, 4.69) is 10.1 Å². The van der Waals surface area contributed by atoms with Crippen LogP contribution in [0.5, 0.6) is 0 Å². The van der Waals surface area contributed by atoms with Crippen LogP contribution in [-0.2, 0) is 6.18 Å². The van der Waals surface area contributed by atoms with Crippen molar-refractivity contribution in [2.45, 2.75) is 6.18 Å². The number of carbonyl (C=O) groups excluding carboxylic acids is 1. The van der Waals surface area contributed by atoms with Crippen molar-refractivity contribution in [3.05, 3.63) is 45.9 Å². The average Bonchev–Trinajstić information content (AvgIpc) is 2.98. The molecule has 25 heavy (non-hydrogen) atoms. The fourth-order valence-corrected chi connectivity index (χ4v) is 1.68. The number of hydrogen-bond donors (Lipinski definition) is 3. The fraction of sp³-hybridized carbons (Fsp3) is 0.0909. The minimum absolute atomic E-state index is 0.289. The van der Waals surface area contributed by atoms with Gasteiger partial charge in [-0.15, -0.1) is 0 Å². The molecule has 0 unspecified atom stereocenters. The van der Waals surface area contributed by atoms with Crippen LogP contribution in [0, 0.1) is 10.1 Å². The molecule has 0 saturated carbocycles. The Balaban J connectivity index is 2.43. The van der Waals surface area contributed by atoms with Gasteiger partial charge in [-0.3, -0.25) is 10.2 Å². The highest BCUT2D eigenvalue weighted by Crippen LogP contribution is 2.31. The monoisotopic (exact) mass is 360 g/mol. The summed E-state index contributed by atoms with van der Waals surface area (Å²) in [6.07, 6.45) is -5.77. The molecule has 3 N–H and O–H groups in total. The highest BCUT2D eigenvalue weighted by molar-refractivity contribution is 5.93. The van der Waals surface area contributed by atoms with Crippen molar-refractivity contribution in [3.8, 4) is 5.69 Å². The van der Waals surface area contributed by atoms with Gasteiger partial charge in [0.2, 0.25) is 0 Å². The zero-order chi connectivity index (χ0) is 18.8. The molecule has 14 heteroatoms. The number of carbonyl (C=O) groups is 2. The van der Waals surface area contributed by atoms with Crippen LogP contribution in [0.4, 0.5) is 23.8 Å². The van der Waals surface area contributed by atoms with Crippen LogP contribution in [0.2, 0.25) is 0 Å². The summed E-state index contributed by atoms with van der Waals surface area (Å²) in [5.74, 6) is -1.82. The molecule has 0 aliphatic heterocycles. The van der Waals surface area contributed by atoms with Crippen LogP contribution in [0.1, 0.15) is 16.2 Å². The fourth-order valence-electron chi connectivity index (χ4n) is 1.68. The Bertz CT molecular complexity index is 832. The molecular formula is C11H7F3N6O5. The maximum Gasteiger partial charge on any atom is 0.433 e. The molecular weight excluding hydrogens is 353 g/mol. The Kier molecular flexibility index (Phi) is 4.53. The summed E-state index contributed by atoms with van der Waals surface area (Å²) in [6, 6.07) is 2.22. The van der Waals surface area contributed by atoms with Gasteiger partial charge >= 0.3 is 18.1 Å². The van der Waals surface area contributed by atoms with E-state index in [-0.39, 0.29) is 5.69 Å². The van der Waals surface area contributed by atoms with Crippen molar-refractivity contribution in [2.24, 2.45) is 0 Å². The third kappa shape index (κ3) is 3.98. The molecule has 11 nitrogen and oxygen atoms in total. The van der Waals surface area contributed by atoms with Gasteiger partial charge in [-0.25, -0.2) is 14.9 Å². The number of nitrogens with zero attached hydrogens (tertiary/aromatic N) is 4. The molecule has 0 aromatic carbocycles. The third-order valence-electron chi connectivity index (χ3n) is 2.68. The van der Waals surface area contributed by atoms with Crippen LogP contribution >= 0.6 is 0 Å². The van der Waals surface area contributed by atoms with Crippen molar-refractivity contribution in [3.63, 3.8) is 0 Å². The first-order valence-corrected chi connectivity index (χ1v) is 6.17. The van der Waals surface area contributed by atoms with Gasteiger partial charge in [-0.2, -0.15) is 18.3 Å². The molecule has 2 aromatic rings. The Morgan fingerprint density at radius 3 is 2.44 bits per heavy atom. The lowest BCUT2D eigenvalue weighted by Crippen LogP contribution is -2.40. The van der Waals surface area contributed by atoms with Gasteiger partial charge in [0.15, 0.2) is 11.9 Å². The van der Waals surface area contributed by atoms with Crippen molar-refractivity contribution in [1.82, 2.24) is 25.6 Å². The van der Waals surface area contributed by atoms with Crippen LogP contribution in [-0.4, -0.2) is 36.8 Å². The SMILES string of the molecule is O=C(O)NNC(=O)c1cc(C(F)(F)F)n(-c2ccc([N+](=O)[O-])nc2)n1. The van der Waals surface area contributed by atoms with Gasteiger partial charge in [0.1, 0.15) is 11.4 Å². The van der Waals surface area contributed by atoms with Gasteiger partial charge in [0, 0.05) is 12.1 Å². The number of nitro groups is 1.